The van der Waals surface area contributed by atoms with Crippen LogP contribution in [0.5, 0.6) is 5.75 Å². The normalized spacial score (nSPS) is 11.3. The van der Waals surface area contributed by atoms with Crippen molar-refractivity contribution in [2.24, 2.45) is 4.99 Å². The summed E-state index contributed by atoms with van der Waals surface area (Å²) < 4.78 is 7.23. The summed E-state index contributed by atoms with van der Waals surface area (Å²) in [6.07, 6.45) is 4.68. The van der Waals surface area contributed by atoms with Crippen LogP contribution < -0.4 is 15.4 Å². The van der Waals surface area contributed by atoms with E-state index in [0.717, 1.165) is 37.8 Å². The summed E-state index contributed by atoms with van der Waals surface area (Å²) in [6.45, 7) is 5.06. The minimum atomic E-state index is 0.617. The summed E-state index contributed by atoms with van der Waals surface area (Å²) in [6, 6.07) is 18.5. The number of nitrogens with one attached hydrogen (secondary N) is 2. The fourth-order valence-electron chi connectivity index (χ4n) is 3.09. The lowest BCUT2D eigenvalue weighted by Crippen LogP contribution is -2.38. The van der Waals surface area contributed by atoms with Crippen LogP contribution in [-0.4, -0.2) is 35.9 Å². The van der Waals surface area contributed by atoms with Gasteiger partial charge in [0.15, 0.2) is 5.96 Å². The first-order valence-corrected chi connectivity index (χ1v) is 9.98. The van der Waals surface area contributed by atoms with Gasteiger partial charge in [0, 0.05) is 25.5 Å². The van der Waals surface area contributed by atoms with Gasteiger partial charge in [0.05, 0.1) is 20.2 Å². The van der Waals surface area contributed by atoms with E-state index in [0.29, 0.717) is 6.54 Å². The number of aromatic nitrogens is 2. The molecule has 0 aliphatic heterocycles. The Morgan fingerprint density at radius 2 is 1.93 bits per heavy atom. The van der Waals surface area contributed by atoms with Crippen LogP contribution >= 0.6 is 0 Å². The highest BCUT2D eigenvalue weighted by Crippen LogP contribution is 2.13. The minimum absolute atomic E-state index is 0.617. The minimum Gasteiger partial charge on any atom is -0.497 e. The van der Waals surface area contributed by atoms with E-state index in [1.807, 2.05) is 29.1 Å². The van der Waals surface area contributed by atoms with Crippen molar-refractivity contribution in [3.05, 3.63) is 83.7 Å². The van der Waals surface area contributed by atoms with Gasteiger partial charge in [0.1, 0.15) is 5.75 Å². The lowest BCUT2D eigenvalue weighted by Gasteiger charge is -2.13. The predicted molar refractivity (Wildman–Crippen MR) is 117 cm³/mol. The van der Waals surface area contributed by atoms with E-state index < -0.39 is 0 Å². The van der Waals surface area contributed by atoms with E-state index >= 15 is 0 Å². The lowest BCUT2D eigenvalue weighted by molar-refractivity contribution is 0.414. The highest BCUT2D eigenvalue weighted by Gasteiger charge is 2.04. The molecule has 3 rings (SSSR count). The van der Waals surface area contributed by atoms with E-state index in [2.05, 4.69) is 59.1 Å². The lowest BCUT2D eigenvalue weighted by atomic mass is 10.1. The molecule has 3 aromatic rings. The van der Waals surface area contributed by atoms with Gasteiger partial charge in [-0.15, -0.1) is 0 Å². The van der Waals surface area contributed by atoms with Crippen molar-refractivity contribution in [2.75, 3.05) is 20.2 Å². The van der Waals surface area contributed by atoms with E-state index in [1.54, 1.807) is 13.3 Å². The molecule has 0 saturated carbocycles. The Bertz CT molecular complexity index is 905. The third-order valence-electron chi connectivity index (χ3n) is 4.60. The highest BCUT2D eigenvalue weighted by molar-refractivity contribution is 5.79. The predicted octanol–water partition coefficient (Wildman–Crippen LogP) is 3.24. The fourth-order valence-corrected chi connectivity index (χ4v) is 3.09. The number of benzene rings is 2. The van der Waals surface area contributed by atoms with Gasteiger partial charge in [-0.1, -0.05) is 36.4 Å². The van der Waals surface area contributed by atoms with Gasteiger partial charge >= 0.3 is 0 Å². The number of methoxy groups -OCH3 is 1. The van der Waals surface area contributed by atoms with Crippen LogP contribution in [0.2, 0.25) is 0 Å². The van der Waals surface area contributed by atoms with Crippen molar-refractivity contribution < 1.29 is 4.74 Å². The topological polar surface area (TPSA) is 63.5 Å². The third kappa shape index (κ3) is 6.38. The van der Waals surface area contributed by atoms with E-state index in [4.69, 9.17) is 9.73 Å². The zero-order valence-corrected chi connectivity index (χ0v) is 17.1. The smallest absolute Gasteiger partial charge is 0.191 e. The third-order valence-corrected chi connectivity index (χ3v) is 4.60. The van der Waals surface area contributed by atoms with Crippen LogP contribution in [0.25, 0.3) is 0 Å². The number of rotatable bonds is 9. The van der Waals surface area contributed by atoms with E-state index in [1.165, 1.54) is 16.7 Å². The van der Waals surface area contributed by atoms with Crippen molar-refractivity contribution in [3.63, 3.8) is 0 Å². The van der Waals surface area contributed by atoms with Crippen LogP contribution in [-0.2, 0) is 19.5 Å². The average Bonchev–Trinajstić information content (AvgIpc) is 3.26. The first-order chi connectivity index (χ1) is 14.3. The Hall–Kier alpha value is -3.28. The molecular weight excluding hydrogens is 362 g/mol. The Morgan fingerprint density at radius 1 is 1.07 bits per heavy atom. The molecule has 0 unspecified atom stereocenters. The van der Waals surface area contributed by atoms with Crippen molar-refractivity contribution in [3.8, 4) is 5.75 Å². The second kappa shape index (κ2) is 10.9. The first kappa shape index (κ1) is 20.5. The van der Waals surface area contributed by atoms with E-state index in [-0.39, 0.29) is 0 Å². The number of ether oxygens (including phenoxy) is 1. The largest absolute Gasteiger partial charge is 0.497 e. The van der Waals surface area contributed by atoms with Gasteiger partial charge in [-0.3, -0.25) is 4.68 Å². The fraction of sp³-hybridized carbons (Fsp3) is 0.304. The Kier molecular flexibility index (Phi) is 7.69. The Morgan fingerprint density at radius 3 is 2.69 bits per heavy atom. The summed E-state index contributed by atoms with van der Waals surface area (Å²) in [5, 5.41) is 11.1. The molecule has 2 N–H and O–H groups in total. The zero-order valence-electron chi connectivity index (χ0n) is 17.1. The molecule has 0 amide bonds. The molecule has 29 heavy (non-hydrogen) atoms. The molecule has 0 aliphatic rings. The molecule has 0 radical (unpaired) electrons. The van der Waals surface area contributed by atoms with Crippen LogP contribution in [0.1, 0.15) is 23.6 Å². The number of aliphatic imine (C=N–C) groups is 1. The second-order valence-electron chi connectivity index (χ2n) is 6.70. The van der Waals surface area contributed by atoms with Crippen LogP contribution in [0.15, 0.2) is 72.0 Å². The van der Waals surface area contributed by atoms with Crippen molar-refractivity contribution in [2.45, 2.75) is 26.4 Å². The molecule has 0 spiro atoms. The maximum Gasteiger partial charge on any atom is 0.191 e. The number of hydrogen-bond acceptors (Lipinski definition) is 3. The Balaban J connectivity index is 1.60. The SMILES string of the molecule is CCNC(=NCc1ccccc1Cn1cccn1)NCCc1cccc(OC)c1. The van der Waals surface area contributed by atoms with Crippen molar-refractivity contribution in [1.82, 2.24) is 20.4 Å². The molecule has 0 fully saturated rings. The number of hydrogen-bond donors (Lipinski definition) is 2. The molecule has 2 aromatic carbocycles. The van der Waals surface area contributed by atoms with Crippen molar-refractivity contribution >= 4 is 5.96 Å². The number of nitrogens with zero attached hydrogens (tertiary/aromatic N) is 3. The molecule has 0 aliphatic carbocycles. The van der Waals surface area contributed by atoms with Crippen LogP contribution in [0, 0.1) is 0 Å². The summed E-state index contributed by atoms with van der Waals surface area (Å²) >= 11 is 0. The summed E-state index contributed by atoms with van der Waals surface area (Å²) in [4.78, 5) is 4.78. The quantitative estimate of drug-likeness (QED) is 0.434. The number of guanidine groups is 1. The standard InChI is InChI=1S/C23H29N5O/c1-3-24-23(25-14-12-19-8-6-11-22(16-19)29-2)26-17-20-9-4-5-10-21(20)18-28-15-7-13-27-28/h4-11,13,15-16H,3,12,14,17-18H2,1-2H3,(H2,24,25,26). The Labute approximate surface area is 172 Å². The molecule has 0 saturated heterocycles. The summed E-state index contributed by atoms with van der Waals surface area (Å²) in [5.41, 5.74) is 3.66. The molecule has 152 valence electrons. The molecule has 1 heterocycles. The van der Waals surface area contributed by atoms with Gasteiger partial charge in [-0.25, -0.2) is 4.99 Å². The molecule has 0 atom stereocenters. The molecule has 6 nitrogen and oxygen atoms in total. The first-order valence-electron chi connectivity index (χ1n) is 9.98. The van der Waals surface area contributed by atoms with Crippen molar-refractivity contribution in [1.29, 1.82) is 0 Å². The summed E-state index contributed by atoms with van der Waals surface area (Å²) in [7, 11) is 1.69. The van der Waals surface area contributed by atoms with Gasteiger partial charge in [0.25, 0.3) is 0 Å². The van der Waals surface area contributed by atoms with Gasteiger partial charge in [-0.2, -0.15) is 5.10 Å². The van der Waals surface area contributed by atoms with Gasteiger partial charge < -0.3 is 15.4 Å². The average molecular weight is 392 g/mol. The van der Waals surface area contributed by atoms with Gasteiger partial charge in [-0.05, 0) is 48.2 Å². The highest BCUT2D eigenvalue weighted by atomic mass is 16.5. The molecule has 6 heteroatoms. The molecular formula is C23H29N5O. The monoisotopic (exact) mass is 391 g/mol. The molecule has 0 bridgehead atoms. The maximum absolute atomic E-state index is 5.29. The van der Waals surface area contributed by atoms with Crippen LogP contribution in [0.3, 0.4) is 0 Å². The zero-order chi connectivity index (χ0) is 20.3. The van der Waals surface area contributed by atoms with E-state index in [9.17, 15) is 0 Å². The van der Waals surface area contributed by atoms with Crippen LogP contribution in [0.4, 0.5) is 0 Å². The summed E-state index contributed by atoms with van der Waals surface area (Å²) in [5.74, 6) is 1.71. The molecule has 1 aromatic heterocycles. The second-order valence-corrected chi connectivity index (χ2v) is 6.70. The van der Waals surface area contributed by atoms with Gasteiger partial charge in [0.2, 0.25) is 0 Å². The maximum atomic E-state index is 5.29.